The molecule has 0 unspecified atom stereocenters. The van der Waals surface area contributed by atoms with Crippen LogP contribution in [0.1, 0.15) is 10.4 Å². The predicted octanol–water partition coefficient (Wildman–Crippen LogP) is 5.78. The maximum absolute atomic E-state index is 12.4. The van der Waals surface area contributed by atoms with Gasteiger partial charge in [-0.05, 0) is 66.1 Å². The van der Waals surface area contributed by atoms with Crippen LogP contribution in [0.4, 0.5) is 5.69 Å². The van der Waals surface area contributed by atoms with Crippen molar-refractivity contribution in [3.8, 4) is 17.2 Å². The van der Waals surface area contributed by atoms with E-state index in [4.69, 9.17) is 26.4 Å². The number of amides is 1. The lowest BCUT2D eigenvalue weighted by atomic mass is 10.1. The minimum atomic E-state index is -0.308. The van der Waals surface area contributed by atoms with Crippen molar-refractivity contribution in [3.63, 3.8) is 0 Å². The molecule has 0 aliphatic heterocycles. The van der Waals surface area contributed by atoms with E-state index in [1.807, 2.05) is 54.6 Å². The first-order chi connectivity index (χ1) is 16.1. The second-order valence-corrected chi connectivity index (χ2v) is 7.78. The first-order valence-corrected chi connectivity index (χ1v) is 10.7. The summed E-state index contributed by atoms with van der Waals surface area (Å²) in [7, 11) is 1.57. The molecule has 7 heteroatoms. The molecule has 0 fully saturated rings. The van der Waals surface area contributed by atoms with Crippen molar-refractivity contribution in [3.05, 3.63) is 90.5 Å². The average Bonchev–Trinajstić information content (AvgIpc) is 3.29. The number of nitrogens with one attached hydrogen (secondary N) is 2. The van der Waals surface area contributed by atoms with Gasteiger partial charge in [0.2, 0.25) is 5.89 Å². The largest absolute Gasteiger partial charge is 0.497 e. The van der Waals surface area contributed by atoms with E-state index in [0.717, 1.165) is 27.4 Å². The van der Waals surface area contributed by atoms with Crippen molar-refractivity contribution in [1.82, 2.24) is 10.3 Å². The number of benzene rings is 4. The van der Waals surface area contributed by atoms with Gasteiger partial charge in [-0.2, -0.15) is 0 Å². The van der Waals surface area contributed by atoms with Crippen LogP contribution < -0.4 is 15.4 Å². The number of hydrogen-bond donors (Lipinski definition) is 2. The Kier molecular flexibility index (Phi) is 5.46. The maximum Gasteiger partial charge on any atom is 0.257 e. The molecule has 0 saturated carbocycles. The third kappa shape index (κ3) is 4.26. The third-order valence-electron chi connectivity index (χ3n) is 5.23. The highest BCUT2D eigenvalue weighted by molar-refractivity contribution is 7.80. The molecule has 0 atom stereocenters. The van der Waals surface area contributed by atoms with Crippen molar-refractivity contribution in [2.45, 2.75) is 0 Å². The number of thiocarbonyl (C=S) groups is 1. The van der Waals surface area contributed by atoms with Gasteiger partial charge in [-0.3, -0.25) is 10.1 Å². The van der Waals surface area contributed by atoms with Gasteiger partial charge < -0.3 is 14.5 Å². The van der Waals surface area contributed by atoms with Gasteiger partial charge >= 0.3 is 0 Å². The minimum absolute atomic E-state index is 0.191. The normalized spacial score (nSPS) is 10.8. The van der Waals surface area contributed by atoms with Crippen molar-refractivity contribution >= 4 is 50.8 Å². The summed E-state index contributed by atoms with van der Waals surface area (Å²) in [6, 6.07) is 26.3. The summed E-state index contributed by atoms with van der Waals surface area (Å²) in [6.07, 6.45) is 0. The number of rotatable bonds is 4. The molecule has 33 heavy (non-hydrogen) atoms. The van der Waals surface area contributed by atoms with Crippen LogP contribution in [0, 0.1) is 0 Å². The molecule has 5 rings (SSSR count). The fraction of sp³-hybridized carbons (Fsp3) is 0.0385. The summed E-state index contributed by atoms with van der Waals surface area (Å²) in [5.74, 6) is 0.881. The lowest BCUT2D eigenvalue weighted by Gasteiger charge is -2.10. The quantitative estimate of drug-likeness (QED) is 0.336. The highest BCUT2D eigenvalue weighted by Crippen LogP contribution is 2.30. The van der Waals surface area contributed by atoms with Crippen LogP contribution in [0.15, 0.2) is 89.3 Å². The zero-order valence-electron chi connectivity index (χ0n) is 17.7. The number of oxazole rings is 1. The molecule has 162 valence electrons. The van der Waals surface area contributed by atoms with E-state index in [-0.39, 0.29) is 11.0 Å². The Bertz CT molecular complexity index is 1490. The van der Waals surface area contributed by atoms with Crippen LogP contribution in [-0.2, 0) is 0 Å². The molecular weight excluding hydrogens is 434 g/mol. The molecule has 0 aliphatic carbocycles. The fourth-order valence-corrected chi connectivity index (χ4v) is 3.81. The number of methoxy groups -OCH3 is 1. The van der Waals surface area contributed by atoms with E-state index in [2.05, 4.69) is 16.7 Å². The van der Waals surface area contributed by atoms with E-state index < -0.39 is 0 Å². The maximum atomic E-state index is 12.4. The molecule has 1 heterocycles. The van der Waals surface area contributed by atoms with E-state index >= 15 is 0 Å². The van der Waals surface area contributed by atoms with Gasteiger partial charge in [0.05, 0.1) is 7.11 Å². The summed E-state index contributed by atoms with van der Waals surface area (Å²) < 4.78 is 11.1. The Labute approximate surface area is 195 Å². The van der Waals surface area contributed by atoms with Gasteiger partial charge in [0, 0.05) is 22.2 Å². The molecule has 0 aliphatic rings. The molecule has 4 aromatic carbocycles. The van der Waals surface area contributed by atoms with Gasteiger partial charge in [0.15, 0.2) is 10.7 Å². The second kappa shape index (κ2) is 8.72. The molecule has 0 radical (unpaired) electrons. The van der Waals surface area contributed by atoms with E-state index in [1.54, 1.807) is 31.4 Å². The van der Waals surface area contributed by atoms with Crippen molar-refractivity contribution in [2.75, 3.05) is 12.4 Å². The number of aromatic nitrogens is 1. The van der Waals surface area contributed by atoms with Gasteiger partial charge in [0.25, 0.3) is 5.91 Å². The summed E-state index contributed by atoms with van der Waals surface area (Å²) >= 11 is 5.32. The molecule has 2 N–H and O–H groups in total. The monoisotopic (exact) mass is 453 g/mol. The smallest absolute Gasteiger partial charge is 0.257 e. The number of carbonyl (C=O) groups excluding carboxylic acids is 1. The number of carbonyl (C=O) groups is 1. The minimum Gasteiger partial charge on any atom is -0.497 e. The molecular formula is C26H19N3O3S. The van der Waals surface area contributed by atoms with Gasteiger partial charge in [-0.15, -0.1) is 0 Å². The number of nitrogens with zero attached hydrogens (tertiary/aromatic N) is 1. The van der Waals surface area contributed by atoms with Crippen LogP contribution in [0.25, 0.3) is 33.3 Å². The summed E-state index contributed by atoms with van der Waals surface area (Å²) in [6.45, 7) is 0. The Morgan fingerprint density at radius 2 is 1.79 bits per heavy atom. The zero-order chi connectivity index (χ0) is 22.8. The first kappa shape index (κ1) is 20.7. The highest BCUT2D eigenvalue weighted by Gasteiger charge is 2.12. The SMILES string of the molecule is COc1ccc(C(=O)NC(=S)Nc2cccc(-c3nc4c(ccc5ccccc54)o3)c2)cc1. The zero-order valence-corrected chi connectivity index (χ0v) is 18.5. The fourth-order valence-electron chi connectivity index (χ4n) is 3.59. The van der Waals surface area contributed by atoms with Crippen LogP contribution in [0.3, 0.4) is 0 Å². The number of ether oxygens (including phenoxy) is 1. The molecule has 5 aromatic rings. The standard InChI is InChI=1S/C26H19N3O3S/c1-31-20-12-9-17(10-13-20)24(30)29-26(33)27-19-7-4-6-18(15-19)25-28-23-21-8-3-2-5-16(21)11-14-22(23)32-25/h2-15H,1H3,(H2,27,29,30,33). The summed E-state index contributed by atoms with van der Waals surface area (Å²) in [5.41, 5.74) is 3.53. The molecule has 0 saturated heterocycles. The van der Waals surface area contributed by atoms with Crippen LogP contribution >= 0.6 is 12.2 Å². The molecule has 1 aromatic heterocycles. The van der Waals surface area contributed by atoms with Crippen LogP contribution in [-0.4, -0.2) is 23.1 Å². The lowest BCUT2D eigenvalue weighted by Crippen LogP contribution is -2.34. The Morgan fingerprint density at radius 3 is 2.61 bits per heavy atom. The van der Waals surface area contributed by atoms with Gasteiger partial charge in [0.1, 0.15) is 11.3 Å². The van der Waals surface area contributed by atoms with Crippen molar-refractivity contribution < 1.29 is 13.9 Å². The average molecular weight is 454 g/mol. The van der Waals surface area contributed by atoms with Gasteiger partial charge in [-0.25, -0.2) is 4.98 Å². The highest BCUT2D eigenvalue weighted by atomic mass is 32.1. The topological polar surface area (TPSA) is 76.4 Å². The number of anilines is 1. The number of fused-ring (bicyclic) bond motifs is 3. The number of hydrogen-bond acceptors (Lipinski definition) is 5. The van der Waals surface area contributed by atoms with Crippen LogP contribution in [0.5, 0.6) is 5.75 Å². The van der Waals surface area contributed by atoms with Crippen molar-refractivity contribution in [2.24, 2.45) is 0 Å². The lowest BCUT2D eigenvalue weighted by molar-refractivity contribution is 0.0977. The van der Waals surface area contributed by atoms with Crippen LogP contribution in [0.2, 0.25) is 0 Å². The molecule has 1 amide bonds. The Morgan fingerprint density at radius 1 is 0.970 bits per heavy atom. The Balaban J connectivity index is 1.34. The summed E-state index contributed by atoms with van der Waals surface area (Å²) in [4.78, 5) is 17.2. The second-order valence-electron chi connectivity index (χ2n) is 7.37. The van der Waals surface area contributed by atoms with Gasteiger partial charge in [-0.1, -0.05) is 36.4 Å². The van der Waals surface area contributed by atoms with E-state index in [9.17, 15) is 4.79 Å². The first-order valence-electron chi connectivity index (χ1n) is 10.3. The predicted molar refractivity (Wildman–Crippen MR) is 134 cm³/mol. The third-order valence-corrected chi connectivity index (χ3v) is 5.43. The van der Waals surface area contributed by atoms with Crippen molar-refractivity contribution in [1.29, 1.82) is 0 Å². The van der Waals surface area contributed by atoms with E-state index in [0.29, 0.717) is 22.9 Å². The molecule has 6 nitrogen and oxygen atoms in total. The van der Waals surface area contributed by atoms with E-state index in [1.165, 1.54) is 0 Å². The summed E-state index contributed by atoms with van der Waals surface area (Å²) in [5, 5.41) is 8.07. The Hall–Kier alpha value is -4.23. The molecule has 0 bridgehead atoms. The molecule has 0 spiro atoms.